The summed E-state index contributed by atoms with van der Waals surface area (Å²) in [5.74, 6) is -1.50. The van der Waals surface area contributed by atoms with E-state index >= 15 is 0 Å². The van der Waals surface area contributed by atoms with E-state index in [1.54, 1.807) is 29.2 Å². The molecule has 1 aliphatic heterocycles. The van der Waals surface area contributed by atoms with Gasteiger partial charge in [0.25, 0.3) is 0 Å². The first-order valence-electron chi connectivity index (χ1n) is 12.3. The summed E-state index contributed by atoms with van der Waals surface area (Å²) < 4.78 is 29.2. The van der Waals surface area contributed by atoms with E-state index in [2.05, 4.69) is 10.0 Å². The molecule has 1 heterocycles. The van der Waals surface area contributed by atoms with Crippen LogP contribution in [0.15, 0.2) is 71.6 Å². The molecule has 3 aromatic carbocycles. The van der Waals surface area contributed by atoms with Crippen LogP contribution in [-0.4, -0.2) is 61.9 Å². The van der Waals surface area contributed by atoms with Crippen LogP contribution in [0, 0.1) is 11.3 Å². The van der Waals surface area contributed by atoms with E-state index in [1.807, 2.05) is 24.3 Å². The molecule has 0 aliphatic carbocycles. The number of benzene rings is 3. The number of hydrogen-bond donors (Lipinski definition) is 5. The molecule has 0 spiro atoms. The first kappa shape index (κ1) is 27.1. The Labute approximate surface area is 221 Å². The number of fused-ring (bicyclic) bond motifs is 1. The van der Waals surface area contributed by atoms with Gasteiger partial charge in [-0.2, -0.15) is 4.72 Å². The lowest BCUT2D eigenvalue weighted by atomic mass is 9.98. The van der Waals surface area contributed by atoms with Crippen LogP contribution in [0.2, 0.25) is 0 Å². The smallest absolute Gasteiger partial charge is 0.335 e. The number of carboxylic acid groups (broad SMARTS) is 1. The van der Waals surface area contributed by atoms with Gasteiger partial charge < -0.3 is 21.1 Å². The Kier molecular flexibility index (Phi) is 8.28. The maximum Gasteiger partial charge on any atom is 0.335 e. The molecule has 6 N–H and O–H groups in total. The highest BCUT2D eigenvalue weighted by atomic mass is 32.2. The van der Waals surface area contributed by atoms with Gasteiger partial charge in [0, 0.05) is 19.6 Å². The van der Waals surface area contributed by atoms with E-state index in [0.717, 1.165) is 23.6 Å². The van der Waals surface area contributed by atoms with Crippen molar-refractivity contribution in [3.05, 3.63) is 77.9 Å². The van der Waals surface area contributed by atoms with Gasteiger partial charge in [-0.15, -0.1) is 0 Å². The highest BCUT2D eigenvalue weighted by Crippen LogP contribution is 2.20. The maximum absolute atomic E-state index is 13.3. The second-order valence-electron chi connectivity index (χ2n) is 9.47. The molecule has 0 radical (unpaired) electrons. The van der Waals surface area contributed by atoms with E-state index < -0.39 is 27.9 Å². The Morgan fingerprint density at radius 1 is 1.08 bits per heavy atom. The summed E-state index contributed by atoms with van der Waals surface area (Å²) in [6.45, 7) is 1.55. The number of nitrogens with zero attached hydrogens (tertiary/aromatic N) is 1. The lowest BCUT2D eigenvalue weighted by Crippen LogP contribution is -2.51. The number of aromatic carboxylic acids is 1. The number of amides is 1. The first-order valence-corrected chi connectivity index (χ1v) is 13.8. The van der Waals surface area contributed by atoms with Crippen molar-refractivity contribution in [2.45, 2.75) is 30.2 Å². The average molecular weight is 538 g/mol. The highest BCUT2D eigenvalue weighted by Gasteiger charge is 2.28. The van der Waals surface area contributed by atoms with Crippen molar-refractivity contribution in [2.24, 2.45) is 11.7 Å². The number of hydrogen-bond acceptors (Lipinski definition) is 5. The minimum Gasteiger partial charge on any atom is -0.478 e. The Bertz CT molecular complexity index is 1440. The summed E-state index contributed by atoms with van der Waals surface area (Å²) in [5.41, 5.74) is 6.32. The number of carboxylic acids is 1. The molecule has 11 heteroatoms. The van der Waals surface area contributed by atoms with Gasteiger partial charge in [0.15, 0.2) is 5.96 Å². The normalized spacial score (nSPS) is 16.6. The van der Waals surface area contributed by atoms with Crippen LogP contribution >= 0.6 is 0 Å². The molecule has 10 nitrogen and oxygen atoms in total. The SMILES string of the molecule is N=C(N)N1CCC[C@@H](CNC(=O)[C@H](Cc2ccc(C(=O)O)cc2)NS(=O)(=O)c2ccc3ccccc3c2)C1. The number of nitrogens with two attached hydrogens (primary N) is 1. The molecule has 1 saturated heterocycles. The number of piperidine rings is 1. The molecule has 0 bridgehead atoms. The number of sulfonamides is 1. The van der Waals surface area contributed by atoms with Crippen LogP contribution < -0.4 is 15.8 Å². The summed E-state index contributed by atoms with van der Waals surface area (Å²) in [7, 11) is -4.06. The van der Waals surface area contributed by atoms with E-state index in [-0.39, 0.29) is 28.8 Å². The minimum atomic E-state index is -4.06. The van der Waals surface area contributed by atoms with Gasteiger partial charge in [-0.25, -0.2) is 13.2 Å². The molecule has 1 fully saturated rings. The third-order valence-corrected chi connectivity index (χ3v) is 8.18. The molecular formula is C27H31N5O5S. The van der Waals surface area contributed by atoms with Crippen molar-refractivity contribution in [1.82, 2.24) is 14.9 Å². The van der Waals surface area contributed by atoms with Crippen LogP contribution in [0.4, 0.5) is 0 Å². The van der Waals surface area contributed by atoms with Crippen molar-refractivity contribution in [3.8, 4) is 0 Å². The number of carbonyl (C=O) groups is 2. The van der Waals surface area contributed by atoms with Crippen molar-refractivity contribution in [1.29, 1.82) is 5.41 Å². The second kappa shape index (κ2) is 11.6. The Balaban J connectivity index is 1.53. The van der Waals surface area contributed by atoms with Crippen LogP contribution in [0.1, 0.15) is 28.8 Å². The van der Waals surface area contributed by atoms with E-state index in [1.165, 1.54) is 18.2 Å². The van der Waals surface area contributed by atoms with Gasteiger partial charge in [-0.3, -0.25) is 10.2 Å². The molecule has 4 rings (SSSR count). The molecule has 0 saturated carbocycles. The number of likely N-dealkylation sites (tertiary alicyclic amines) is 1. The quantitative estimate of drug-likeness (QED) is 0.206. The molecule has 38 heavy (non-hydrogen) atoms. The lowest BCUT2D eigenvalue weighted by molar-refractivity contribution is -0.123. The van der Waals surface area contributed by atoms with Gasteiger partial charge in [0.1, 0.15) is 6.04 Å². The van der Waals surface area contributed by atoms with E-state index in [0.29, 0.717) is 25.2 Å². The zero-order chi connectivity index (χ0) is 27.3. The van der Waals surface area contributed by atoms with Crippen molar-refractivity contribution >= 4 is 38.6 Å². The number of guanidine groups is 1. The Morgan fingerprint density at radius 3 is 2.47 bits per heavy atom. The summed E-state index contributed by atoms with van der Waals surface area (Å²) >= 11 is 0. The van der Waals surface area contributed by atoms with Gasteiger partial charge >= 0.3 is 5.97 Å². The highest BCUT2D eigenvalue weighted by molar-refractivity contribution is 7.89. The van der Waals surface area contributed by atoms with Gasteiger partial charge in [0.05, 0.1) is 10.5 Å². The third kappa shape index (κ3) is 6.67. The van der Waals surface area contributed by atoms with Gasteiger partial charge in [0.2, 0.25) is 15.9 Å². The second-order valence-corrected chi connectivity index (χ2v) is 11.2. The first-order chi connectivity index (χ1) is 18.1. The fraction of sp³-hybridized carbons (Fsp3) is 0.296. The molecule has 3 aromatic rings. The Morgan fingerprint density at radius 2 is 1.79 bits per heavy atom. The van der Waals surface area contributed by atoms with Crippen LogP contribution in [-0.2, 0) is 21.2 Å². The Hall–Kier alpha value is -3.96. The zero-order valence-corrected chi connectivity index (χ0v) is 21.6. The van der Waals surface area contributed by atoms with Crippen LogP contribution in [0.25, 0.3) is 10.8 Å². The van der Waals surface area contributed by atoms with Gasteiger partial charge in [-0.1, -0.05) is 42.5 Å². The summed E-state index contributed by atoms with van der Waals surface area (Å²) in [4.78, 5) is 26.3. The monoisotopic (exact) mass is 537 g/mol. The van der Waals surface area contributed by atoms with Crippen molar-refractivity contribution < 1.29 is 23.1 Å². The van der Waals surface area contributed by atoms with Crippen LogP contribution in [0.3, 0.4) is 0 Å². The third-order valence-electron chi connectivity index (χ3n) is 6.71. The fourth-order valence-electron chi connectivity index (χ4n) is 4.62. The molecule has 0 aromatic heterocycles. The standard InChI is InChI=1S/C27H31N5O5S/c28-27(29)32-13-3-4-19(17-32)16-30-25(33)24(14-18-7-9-21(10-8-18)26(34)35)31-38(36,37)23-12-11-20-5-1-2-6-22(20)15-23/h1-2,5-12,15,19,24,31H,3-4,13-14,16-17H2,(H3,28,29)(H,30,33)(H,34,35)/t19-,24-/m0/s1. The summed E-state index contributed by atoms with van der Waals surface area (Å²) in [6.07, 6.45) is 1.73. The largest absolute Gasteiger partial charge is 0.478 e. The van der Waals surface area contributed by atoms with Crippen molar-refractivity contribution in [3.63, 3.8) is 0 Å². The fourth-order valence-corrected chi connectivity index (χ4v) is 5.85. The van der Waals surface area contributed by atoms with E-state index in [4.69, 9.17) is 16.2 Å². The number of rotatable bonds is 9. The molecule has 2 atom stereocenters. The molecule has 1 amide bonds. The zero-order valence-electron chi connectivity index (χ0n) is 20.8. The molecule has 1 aliphatic rings. The average Bonchev–Trinajstić information content (AvgIpc) is 2.91. The molecule has 0 unspecified atom stereocenters. The number of nitrogens with one attached hydrogen (secondary N) is 3. The summed E-state index contributed by atoms with van der Waals surface area (Å²) in [6, 6.07) is 17.0. The summed E-state index contributed by atoms with van der Waals surface area (Å²) in [5, 5.41) is 21.3. The van der Waals surface area contributed by atoms with Crippen molar-refractivity contribution in [2.75, 3.05) is 19.6 Å². The topological polar surface area (TPSA) is 166 Å². The van der Waals surface area contributed by atoms with Gasteiger partial charge in [-0.05, 0) is 65.8 Å². The molecule has 200 valence electrons. The lowest BCUT2D eigenvalue weighted by Gasteiger charge is -2.33. The maximum atomic E-state index is 13.3. The molecular weight excluding hydrogens is 506 g/mol. The number of carbonyl (C=O) groups excluding carboxylic acids is 1. The predicted octanol–water partition coefficient (Wildman–Crippen LogP) is 2.15. The van der Waals surface area contributed by atoms with Crippen LogP contribution in [0.5, 0.6) is 0 Å². The minimum absolute atomic E-state index is 0.00754. The van der Waals surface area contributed by atoms with E-state index in [9.17, 15) is 18.0 Å². The predicted molar refractivity (Wildman–Crippen MR) is 144 cm³/mol.